The molecule has 0 radical (unpaired) electrons. The van der Waals surface area contributed by atoms with Gasteiger partial charge in [0.05, 0.1) is 22.9 Å². The van der Waals surface area contributed by atoms with Crippen LogP contribution in [0, 0.1) is 6.92 Å². The molecule has 1 aromatic carbocycles. The van der Waals surface area contributed by atoms with Crippen molar-refractivity contribution < 1.29 is 14.0 Å². The lowest BCUT2D eigenvalue weighted by Gasteiger charge is -2.09. The van der Waals surface area contributed by atoms with E-state index in [0.717, 1.165) is 0 Å². The molecule has 0 spiro atoms. The van der Waals surface area contributed by atoms with Crippen molar-refractivity contribution in [2.24, 2.45) is 7.05 Å². The molecule has 0 unspecified atom stereocenters. The van der Waals surface area contributed by atoms with Gasteiger partial charge in [-0.25, -0.2) is 4.98 Å². The molecule has 0 aliphatic rings. The normalized spacial score (nSPS) is 11.0. The third-order valence-corrected chi connectivity index (χ3v) is 4.54. The van der Waals surface area contributed by atoms with E-state index in [1.165, 1.54) is 6.92 Å². The quantitative estimate of drug-likeness (QED) is 0.546. The van der Waals surface area contributed by atoms with Crippen LogP contribution in [0.2, 0.25) is 0 Å². The highest BCUT2D eigenvalue weighted by molar-refractivity contribution is 6.13. The van der Waals surface area contributed by atoms with Gasteiger partial charge in [-0.2, -0.15) is 5.10 Å². The van der Waals surface area contributed by atoms with Crippen molar-refractivity contribution in [3.05, 3.63) is 65.5 Å². The number of amides is 1. The second-order valence-electron chi connectivity index (χ2n) is 6.53. The van der Waals surface area contributed by atoms with Crippen LogP contribution in [0.1, 0.15) is 33.3 Å². The van der Waals surface area contributed by atoms with Gasteiger partial charge in [0.25, 0.3) is 5.91 Å². The Labute approximate surface area is 161 Å². The predicted octanol–water partition coefficient (Wildman–Crippen LogP) is 3.99. The van der Waals surface area contributed by atoms with E-state index in [1.54, 1.807) is 60.5 Å². The lowest BCUT2D eigenvalue weighted by atomic mass is 10.1. The molecule has 4 aromatic rings. The van der Waals surface area contributed by atoms with Crippen LogP contribution in [0.4, 0.5) is 5.69 Å². The fourth-order valence-electron chi connectivity index (χ4n) is 3.16. The minimum absolute atomic E-state index is 0.0252. The summed E-state index contributed by atoms with van der Waals surface area (Å²) in [6, 6.07) is 12.0. The Hall–Kier alpha value is -3.74. The Morgan fingerprint density at radius 2 is 1.89 bits per heavy atom. The van der Waals surface area contributed by atoms with E-state index in [9.17, 15) is 9.59 Å². The van der Waals surface area contributed by atoms with Gasteiger partial charge in [0.1, 0.15) is 5.69 Å². The Morgan fingerprint density at radius 3 is 2.54 bits per heavy atom. The minimum atomic E-state index is -0.285. The second-order valence-corrected chi connectivity index (χ2v) is 6.53. The fourth-order valence-corrected chi connectivity index (χ4v) is 3.16. The third-order valence-electron chi connectivity index (χ3n) is 4.54. The highest BCUT2D eigenvalue weighted by Crippen LogP contribution is 2.27. The molecule has 0 bridgehead atoms. The number of pyridine rings is 1. The van der Waals surface area contributed by atoms with Crippen LogP contribution in [0.5, 0.6) is 0 Å². The van der Waals surface area contributed by atoms with Crippen LogP contribution in [0.3, 0.4) is 0 Å². The first-order valence-electron chi connectivity index (χ1n) is 8.74. The summed E-state index contributed by atoms with van der Waals surface area (Å²) >= 11 is 0. The maximum Gasteiger partial charge on any atom is 0.256 e. The molecule has 0 atom stereocenters. The van der Waals surface area contributed by atoms with Crippen molar-refractivity contribution in [3.63, 3.8) is 0 Å². The number of anilines is 1. The Balaban J connectivity index is 1.78. The van der Waals surface area contributed by atoms with Crippen molar-refractivity contribution in [2.45, 2.75) is 13.8 Å². The molecule has 0 fully saturated rings. The molecule has 0 aliphatic heterocycles. The average molecular weight is 374 g/mol. The van der Waals surface area contributed by atoms with Gasteiger partial charge in [-0.15, -0.1) is 0 Å². The van der Waals surface area contributed by atoms with E-state index in [-0.39, 0.29) is 11.7 Å². The standard InChI is InChI=1S/C21H18N4O3/c1-12-19-16(21(27)22-15-8-6-14(7-9-15)13(2)26)11-17(18-5-4-10-28-18)23-20(19)25(3)24-12/h4-11H,1-3H3,(H,22,27). The van der Waals surface area contributed by atoms with Gasteiger partial charge in [0, 0.05) is 18.3 Å². The molecule has 7 nitrogen and oxygen atoms in total. The third kappa shape index (κ3) is 3.07. The van der Waals surface area contributed by atoms with Gasteiger partial charge < -0.3 is 9.73 Å². The molecule has 0 saturated heterocycles. The molecular formula is C21H18N4O3. The van der Waals surface area contributed by atoms with Crippen molar-refractivity contribution in [1.29, 1.82) is 0 Å². The van der Waals surface area contributed by atoms with Crippen LogP contribution in [0.25, 0.3) is 22.5 Å². The van der Waals surface area contributed by atoms with Crippen molar-refractivity contribution in [1.82, 2.24) is 14.8 Å². The summed E-state index contributed by atoms with van der Waals surface area (Å²) in [4.78, 5) is 29.1. The number of Topliss-reactive ketones (excluding diaryl/α,β-unsaturated/α-hetero) is 1. The van der Waals surface area contributed by atoms with Gasteiger partial charge in [-0.3, -0.25) is 14.3 Å². The van der Waals surface area contributed by atoms with Crippen LogP contribution in [0.15, 0.2) is 53.1 Å². The molecule has 3 aromatic heterocycles. The summed E-state index contributed by atoms with van der Waals surface area (Å²) < 4.78 is 7.10. The topological polar surface area (TPSA) is 90.0 Å². The number of hydrogen-bond acceptors (Lipinski definition) is 5. The summed E-state index contributed by atoms with van der Waals surface area (Å²) in [6.45, 7) is 3.34. The summed E-state index contributed by atoms with van der Waals surface area (Å²) in [5.74, 6) is 0.260. The molecular weight excluding hydrogens is 356 g/mol. The van der Waals surface area contributed by atoms with E-state index in [2.05, 4.69) is 15.4 Å². The van der Waals surface area contributed by atoms with Crippen LogP contribution in [-0.4, -0.2) is 26.5 Å². The number of nitrogens with one attached hydrogen (secondary N) is 1. The first-order valence-corrected chi connectivity index (χ1v) is 8.74. The first-order chi connectivity index (χ1) is 13.4. The number of ketones is 1. The van der Waals surface area contributed by atoms with E-state index >= 15 is 0 Å². The number of benzene rings is 1. The zero-order valence-corrected chi connectivity index (χ0v) is 15.7. The maximum atomic E-state index is 13.1. The van der Waals surface area contributed by atoms with Crippen LogP contribution >= 0.6 is 0 Å². The number of rotatable bonds is 4. The summed E-state index contributed by atoms with van der Waals surface area (Å²) in [5, 5.41) is 7.97. The number of carbonyl (C=O) groups is 2. The zero-order valence-electron chi connectivity index (χ0n) is 15.7. The maximum absolute atomic E-state index is 13.1. The Morgan fingerprint density at radius 1 is 1.14 bits per heavy atom. The lowest BCUT2D eigenvalue weighted by molar-refractivity contribution is 0.101. The summed E-state index contributed by atoms with van der Waals surface area (Å²) in [5.41, 5.74) is 3.51. The van der Waals surface area contributed by atoms with Gasteiger partial charge in [-0.05, 0) is 56.3 Å². The number of carbonyl (C=O) groups excluding carboxylic acids is 2. The van der Waals surface area contributed by atoms with Crippen molar-refractivity contribution in [3.8, 4) is 11.5 Å². The number of aryl methyl sites for hydroxylation is 2. The Kier molecular flexibility index (Phi) is 4.27. The molecule has 0 saturated carbocycles. The summed E-state index contributed by atoms with van der Waals surface area (Å²) in [7, 11) is 1.79. The molecule has 1 N–H and O–H groups in total. The SMILES string of the molecule is CC(=O)c1ccc(NC(=O)c2cc(-c3ccco3)nc3c2c(C)nn3C)cc1. The van der Waals surface area contributed by atoms with Crippen LogP contribution in [-0.2, 0) is 7.05 Å². The zero-order chi connectivity index (χ0) is 19.8. The van der Waals surface area contributed by atoms with Gasteiger partial charge in [-0.1, -0.05) is 0 Å². The molecule has 0 aliphatic carbocycles. The Bertz CT molecular complexity index is 1190. The van der Waals surface area contributed by atoms with E-state index in [1.807, 2.05) is 6.92 Å². The van der Waals surface area contributed by atoms with Gasteiger partial charge >= 0.3 is 0 Å². The van der Waals surface area contributed by atoms with Crippen LogP contribution < -0.4 is 5.32 Å². The predicted molar refractivity (Wildman–Crippen MR) is 105 cm³/mol. The molecule has 4 rings (SSSR count). The highest BCUT2D eigenvalue weighted by atomic mass is 16.3. The monoisotopic (exact) mass is 374 g/mol. The molecule has 3 heterocycles. The van der Waals surface area contributed by atoms with E-state index < -0.39 is 0 Å². The smallest absolute Gasteiger partial charge is 0.256 e. The largest absolute Gasteiger partial charge is 0.463 e. The molecule has 28 heavy (non-hydrogen) atoms. The summed E-state index contributed by atoms with van der Waals surface area (Å²) in [6.07, 6.45) is 1.56. The number of nitrogens with zero attached hydrogens (tertiary/aromatic N) is 3. The lowest BCUT2D eigenvalue weighted by Crippen LogP contribution is -2.13. The van der Waals surface area contributed by atoms with E-state index in [4.69, 9.17) is 4.42 Å². The fraction of sp³-hybridized carbons (Fsp3) is 0.143. The highest BCUT2D eigenvalue weighted by Gasteiger charge is 2.20. The molecule has 1 amide bonds. The second kappa shape index (κ2) is 6.77. The van der Waals surface area contributed by atoms with Gasteiger partial charge in [0.2, 0.25) is 0 Å². The van der Waals surface area contributed by atoms with Crippen molar-refractivity contribution >= 4 is 28.4 Å². The number of fused-ring (bicyclic) bond motifs is 1. The number of furan rings is 1. The number of aromatic nitrogens is 3. The minimum Gasteiger partial charge on any atom is -0.463 e. The van der Waals surface area contributed by atoms with E-state index in [0.29, 0.717) is 45.0 Å². The number of hydrogen-bond donors (Lipinski definition) is 1. The molecule has 7 heteroatoms. The molecule has 140 valence electrons. The average Bonchev–Trinajstić information content (AvgIpc) is 3.30. The van der Waals surface area contributed by atoms with Gasteiger partial charge in [0.15, 0.2) is 17.2 Å². The van der Waals surface area contributed by atoms with Crippen molar-refractivity contribution in [2.75, 3.05) is 5.32 Å². The first kappa shape index (κ1) is 17.7.